The number of nitrogens with zero attached hydrogens (tertiary/aromatic N) is 3. The minimum atomic E-state index is -0.965. The summed E-state index contributed by atoms with van der Waals surface area (Å²) in [6, 6.07) is 9.75. The van der Waals surface area contributed by atoms with Gasteiger partial charge in [0, 0.05) is 6.42 Å². The Morgan fingerprint density at radius 3 is 2.50 bits per heavy atom. The van der Waals surface area contributed by atoms with Crippen LogP contribution in [0, 0.1) is 0 Å². The largest absolute Gasteiger partial charge is 0.444 e. The van der Waals surface area contributed by atoms with Gasteiger partial charge in [-0.25, -0.2) is 4.79 Å². The van der Waals surface area contributed by atoms with Crippen molar-refractivity contribution in [1.82, 2.24) is 15.5 Å². The van der Waals surface area contributed by atoms with Crippen LogP contribution in [0.15, 0.2) is 45.8 Å². The second-order valence-corrected chi connectivity index (χ2v) is 7.69. The van der Waals surface area contributed by atoms with Gasteiger partial charge in [0.25, 0.3) is 5.89 Å². The molecule has 0 aliphatic carbocycles. The molecule has 1 N–H and O–H groups in total. The van der Waals surface area contributed by atoms with Crippen LogP contribution in [0.2, 0.25) is 0 Å². The molecule has 1 aromatic heterocycles. The van der Waals surface area contributed by atoms with Crippen LogP contribution in [-0.4, -0.2) is 28.6 Å². The number of carbonyl (C=O) groups excluding carboxylic acids is 1. The normalized spacial score (nSPS) is 14.2. The van der Waals surface area contributed by atoms with Gasteiger partial charge in [-0.05, 0) is 46.4 Å². The van der Waals surface area contributed by atoms with Crippen molar-refractivity contribution in [2.75, 3.05) is 0 Å². The molecule has 1 amide bonds. The Morgan fingerprint density at radius 2 is 1.93 bits per heavy atom. The SMILES string of the molecule is C=N/C(=C\CC)c1nnc([C@@](C)(Cc2ccccc2)NC(=O)OC(C)(C)C)o1. The molecule has 0 aliphatic rings. The summed E-state index contributed by atoms with van der Waals surface area (Å²) in [5.74, 6) is 0.528. The first kappa shape index (κ1) is 21.3. The molecule has 28 heavy (non-hydrogen) atoms. The summed E-state index contributed by atoms with van der Waals surface area (Å²) in [6.45, 7) is 12.8. The van der Waals surface area contributed by atoms with Gasteiger partial charge in [-0.3, -0.25) is 4.99 Å². The fourth-order valence-electron chi connectivity index (χ4n) is 2.67. The van der Waals surface area contributed by atoms with Gasteiger partial charge < -0.3 is 14.5 Å². The monoisotopic (exact) mass is 384 g/mol. The van der Waals surface area contributed by atoms with E-state index in [-0.39, 0.29) is 11.8 Å². The van der Waals surface area contributed by atoms with Crippen LogP contribution < -0.4 is 5.32 Å². The number of aliphatic imine (C=N–C) groups is 1. The second-order valence-electron chi connectivity index (χ2n) is 7.69. The van der Waals surface area contributed by atoms with Crippen molar-refractivity contribution in [3.63, 3.8) is 0 Å². The molecule has 0 aliphatic heterocycles. The molecule has 1 atom stereocenters. The Morgan fingerprint density at radius 1 is 1.25 bits per heavy atom. The minimum Gasteiger partial charge on any atom is -0.444 e. The van der Waals surface area contributed by atoms with Crippen LogP contribution in [-0.2, 0) is 16.7 Å². The summed E-state index contributed by atoms with van der Waals surface area (Å²) in [5.41, 5.74) is -0.0674. The van der Waals surface area contributed by atoms with Gasteiger partial charge in [-0.1, -0.05) is 43.3 Å². The first-order valence-corrected chi connectivity index (χ1v) is 9.23. The molecule has 0 unspecified atom stereocenters. The molecule has 0 fully saturated rings. The number of aromatic nitrogens is 2. The summed E-state index contributed by atoms with van der Waals surface area (Å²) in [5, 5.41) is 11.1. The van der Waals surface area contributed by atoms with Gasteiger partial charge >= 0.3 is 6.09 Å². The van der Waals surface area contributed by atoms with Crippen LogP contribution in [0.1, 0.15) is 58.4 Å². The maximum absolute atomic E-state index is 12.5. The molecule has 0 saturated heterocycles. The summed E-state index contributed by atoms with van der Waals surface area (Å²) in [6.07, 6.45) is 2.49. The Balaban J connectivity index is 2.38. The van der Waals surface area contributed by atoms with Gasteiger partial charge in [0.1, 0.15) is 16.8 Å². The number of rotatable bonds is 7. The van der Waals surface area contributed by atoms with E-state index in [0.29, 0.717) is 12.1 Å². The quantitative estimate of drug-likeness (QED) is 0.710. The standard InChI is InChI=1S/C21H28N4O3/c1-7-11-16(22-6)17-24-25-18(27-17)21(5,14-15-12-9-8-10-13-15)23-19(26)28-20(2,3)4/h8-13H,6-7,14H2,1-5H3,(H,23,26)/b16-11-/t21-/m1/s1. The van der Waals surface area contributed by atoms with Crippen molar-refractivity contribution in [3.05, 3.63) is 53.8 Å². The zero-order chi connectivity index (χ0) is 20.8. The molecular formula is C21H28N4O3. The van der Waals surface area contributed by atoms with E-state index in [0.717, 1.165) is 12.0 Å². The van der Waals surface area contributed by atoms with Crippen LogP contribution in [0.25, 0.3) is 5.70 Å². The number of alkyl carbamates (subject to hydrolysis) is 1. The third kappa shape index (κ3) is 5.77. The molecule has 0 saturated carbocycles. The fraction of sp³-hybridized carbons (Fsp3) is 0.429. The number of nitrogens with one attached hydrogen (secondary N) is 1. The first-order valence-electron chi connectivity index (χ1n) is 9.23. The number of hydrogen-bond acceptors (Lipinski definition) is 6. The predicted molar refractivity (Wildman–Crippen MR) is 109 cm³/mol. The van der Waals surface area contributed by atoms with Gasteiger partial charge in [0.15, 0.2) is 0 Å². The number of benzene rings is 1. The van der Waals surface area contributed by atoms with Crippen molar-refractivity contribution < 1.29 is 13.9 Å². The Kier molecular flexibility index (Phi) is 6.72. The predicted octanol–water partition coefficient (Wildman–Crippen LogP) is 4.50. The van der Waals surface area contributed by atoms with Crippen LogP contribution >= 0.6 is 0 Å². The molecule has 1 heterocycles. The number of carbonyl (C=O) groups is 1. The Hall–Kier alpha value is -2.96. The maximum Gasteiger partial charge on any atom is 0.408 e. The zero-order valence-corrected chi connectivity index (χ0v) is 17.2. The van der Waals surface area contributed by atoms with Gasteiger partial charge in [-0.15, -0.1) is 10.2 Å². The lowest BCUT2D eigenvalue weighted by molar-refractivity contribution is 0.0443. The van der Waals surface area contributed by atoms with Crippen molar-refractivity contribution >= 4 is 18.5 Å². The lowest BCUT2D eigenvalue weighted by Crippen LogP contribution is -2.47. The number of amides is 1. The van der Waals surface area contributed by atoms with E-state index in [1.54, 1.807) is 0 Å². The maximum atomic E-state index is 12.5. The minimum absolute atomic E-state index is 0.261. The number of hydrogen-bond donors (Lipinski definition) is 1. The van der Waals surface area contributed by atoms with E-state index in [1.165, 1.54) is 0 Å². The van der Waals surface area contributed by atoms with E-state index in [1.807, 2.05) is 71.0 Å². The smallest absolute Gasteiger partial charge is 0.408 e. The molecule has 7 heteroatoms. The first-order chi connectivity index (χ1) is 13.2. The van der Waals surface area contributed by atoms with Crippen LogP contribution in [0.4, 0.5) is 4.79 Å². The highest BCUT2D eigenvalue weighted by Crippen LogP contribution is 2.27. The lowest BCUT2D eigenvalue weighted by atomic mass is 9.92. The molecule has 2 rings (SSSR count). The van der Waals surface area contributed by atoms with Crippen molar-refractivity contribution in [2.24, 2.45) is 4.99 Å². The highest BCUT2D eigenvalue weighted by Gasteiger charge is 2.36. The second kappa shape index (κ2) is 8.82. The third-order valence-corrected chi connectivity index (χ3v) is 3.86. The van der Waals surface area contributed by atoms with Crippen molar-refractivity contribution in [3.8, 4) is 0 Å². The Bertz CT molecular complexity index is 837. The highest BCUT2D eigenvalue weighted by atomic mass is 16.6. The van der Waals surface area contributed by atoms with Gasteiger partial charge in [0.2, 0.25) is 5.89 Å². The molecule has 7 nitrogen and oxygen atoms in total. The molecule has 0 spiro atoms. The van der Waals surface area contributed by atoms with Crippen LogP contribution in [0.5, 0.6) is 0 Å². The zero-order valence-electron chi connectivity index (χ0n) is 17.2. The lowest BCUT2D eigenvalue weighted by Gasteiger charge is -2.29. The average Bonchev–Trinajstić information content (AvgIpc) is 3.09. The van der Waals surface area contributed by atoms with Crippen molar-refractivity contribution in [1.29, 1.82) is 0 Å². The van der Waals surface area contributed by atoms with E-state index >= 15 is 0 Å². The molecule has 2 aromatic rings. The third-order valence-electron chi connectivity index (χ3n) is 3.86. The highest BCUT2D eigenvalue weighted by molar-refractivity contribution is 5.69. The van der Waals surface area contributed by atoms with E-state index in [4.69, 9.17) is 9.15 Å². The van der Waals surface area contributed by atoms with Gasteiger partial charge in [0.05, 0.1) is 0 Å². The summed E-state index contributed by atoms with van der Waals surface area (Å²) in [4.78, 5) is 16.4. The summed E-state index contributed by atoms with van der Waals surface area (Å²) >= 11 is 0. The van der Waals surface area contributed by atoms with Gasteiger partial charge in [-0.2, -0.15) is 0 Å². The van der Waals surface area contributed by atoms with Crippen LogP contribution in [0.3, 0.4) is 0 Å². The average molecular weight is 384 g/mol. The molecular weight excluding hydrogens is 356 g/mol. The summed E-state index contributed by atoms with van der Waals surface area (Å²) < 4.78 is 11.3. The Labute approximate surface area is 165 Å². The molecule has 0 bridgehead atoms. The van der Waals surface area contributed by atoms with Crippen molar-refractivity contribution in [2.45, 2.75) is 58.6 Å². The van der Waals surface area contributed by atoms with E-state index in [2.05, 4.69) is 27.2 Å². The summed E-state index contributed by atoms with van der Waals surface area (Å²) in [7, 11) is 0. The fourth-order valence-corrected chi connectivity index (χ4v) is 2.67. The van der Waals surface area contributed by atoms with E-state index < -0.39 is 17.2 Å². The molecule has 1 aromatic carbocycles. The van der Waals surface area contributed by atoms with E-state index in [9.17, 15) is 4.79 Å². The number of ether oxygens (including phenoxy) is 1. The molecule has 0 radical (unpaired) electrons. The topological polar surface area (TPSA) is 89.6 Å². The number of allylic oxidation sites excluding steroid dienone is 1. The molecule has 150 valence electrons.